The summed E-state index contributed by atoms with van der Waals surface area (Å²) in [6.07, 6.45) is 2.57. The first-order chi connectivity index (χ1) is 13.7. The van der Waals surface area contributed by atoms with Crippen LogP contribution in [0.2, 0.25) is 0 Å². The maximum atomic E-state index is 12.7. The summed E-state index contributed by atoms with van der Waals surface area (Å²) in [6, 6.07) is 18.3. The summed E-state index contributed by atoms with van der Waals surface area (Å²) in [7, 11) is 0. The highest BCUT2D eigenvalue weighted by atomic mass is 32.1. The van der Waals surface area contributed by atoms with Crippen molar-refractivity contribution in [1.82, 2.24) is 14.7 Å². The van der Waals surface area contributed by atoms with Crippen LogP contribution in [0.15, 0.2) is 54.6 Å². The van der Waals surface area contributed by atoms with Gasteiger partial charge in [-0.25, -0.2) is 4.98 Å². The SMILES string of the molecule is Cc1ccc(Cc2nsc(N3CCC[C@H]3C(=O)NCc3ccccc3)n2)cc1. The van der Waals surface area contributed by atoms with Crippen molar-refractivity contribution in [3.8, 4) is 0 Å². The van der Waals surface area contributed by atoms with E-state index in [9.17, 15) is 4.79 Å². The van der Waals surface area contributed by atoms with Gasteiger partial charge in [-0.05, 0) is 30.9 Å². The number of aromatic nitrogens is 2. The standard InChI is InChI=1S/C22H24N4OS/c1-16-9-11-17(12-10-16)14-20-24-22(28-25-20)26-13-5-8-19(26)21(27)23-15-18-6-3-2-4-7-18/h2-4,6-7,9-12,19H,5,8,13-15H2,1H3,(H,23,27)/t19-/m0/s1. The minimum atomic E-state index is -0.163. The van der Waals surface area contributed by atoms with Crippen LogP contribution in [-0.2, 0) is 17.8 Å². The Hall–Kier alpha value is -2.73. The largest absolute Gasteiger partial charge is 0.350 e. The fraction of sp³-hybridized carbons (Fsp3) is 0.318. The topological polar surface area (TPSA) is 58.1 Å². The normalized spacial score (nSPS) is 16.3. The van der Waals surface area contributed by atoms with Gasteiger partial charge in [0.15, 0.2) is 0 Å². The van der Waals surface area contributed by atoms with Crippen molar-refractivity contribution in [2.75, 3.05) is 11.4 Å². The van der Waals surface area contributed by atoms with E-state index in [1.165, 1.54) is 22.7 Å². The highest BCUT2D eigenvalue weighted by Crippen LogP contribution is 2.27. The molecule has 28 heavy (non-hydrogen) atoms. The number of anilines is 1. The van der Waals surface area contributed by atoms with Crippen LogP contribution >= 0.6 is 11.5 Å². The molecule has 3 aromatic rings. The van der Waals surface area contributed by atoms with E-state index in [1.54, 1.807) is 0 Å². The van der Waals surface area contributed by atoms with Gasteiger partial charge in [0.05, 0.1) is 0 Å². The lowest BCUT2D eigenvalue weighted by Gasteiger charge is -2.22. The molecule has 2 heterocycles. The van der Waals surface area contributed by atoms with Gasteiger partial charge in [-0.1, -0.05) is 60.2 Å². The summed E-state index contributed by atoms with van der Waals surface area (Å²) in [5.41, 5.74) is 3.56. The maximum Gasteiger partial charge on any atom is 0.243 e. The summed E-state index contributed by atoms with van der Waals surface area (Å²) >= 11 is 1.39. The molecule has 1 amide bonds. The van der Waals surface area contributed by atoms with Crippen LogP contribution in [0.25, 0.3) is 0 Å². The molecule has 2 aromatic carbocycles. The first-order valence-corrected chi connectivity index (χ1v) is 10.4. The van der Waals surface area contributed by atoms with Crippen molar-refractivity contribution in [1.29, 1.82) is 0 Å². The summed E-state index contributed by atoms with van der Waals surface area (Å²) in [4.78, 5) is 19.6. The zero-order chi connectivity index (χ0) is 19.3. The number of aryl methyl sites for hydroxylation is 1. The van der Waals surface area contributed by atoms with Crippen LogP contribution in [0.3, 0.4) is 0 Å². The van der Waals surface area contributed by atoms with E-state index in [0.29, 0.717) is 6.54 Å². The zero-order valence-corrected chi connectivity index (χ0v) is 16.8. The lowest BCUT2D eigenvalue weighted by Crippen LogP contribution is -2.43. The predicted molar refractivity (Wildman–Crippen MR) is 113 cm³/mol. The van der Waals surface area contributed by atoms with Crippen LogP contribution in [0.4, 0.5) is 5.13 Å². The molecule has 0 saturated carbocycles. The molecule has 1 aliphatic rings. The molecule has 0 unspecified atom stereocenters. The Morgan fingerprint density at radius 2 is 1.93 bits per heavy atom. The lowest BCUT2D eigenvalue weighted by atomic mass is 10.1. The van der Waals surface area contributed by atoms with Gasteiger partial charge in [-0.3, -0.25) is 4.79 Å². The number of rotatable bonds is 6. The number of hydrogen-bond donors (Lipinski definition) is 1. The Morgan fingerprint density at radius 1 is 1.14 bits per heavy atom. The molecule has 0 radical (unpaired) electrons. The van der Waals surface area contributed by atoms with E-state index in [2.05, 4.69) is 45.8 Å². The third-order valence-corrected chi connectivity index (χ3v) is 5.84. The number of nitrogens with one attached hydrogen (secondary N) is 1. The number of carbonyl (C=O) groups excluding carboxylic acids is 1. The third-order valence-electron chi connectivity index (χ3n) is 5.05. The number of carbonyl (C=O) groups is 1. The molecule has 144 valence electrons. The second-order valence-electron chi connectivity index (χ2n) is 7.21. The van der Waals surface area contributed by atoms with Crippen LogP contribution in [0.1, 0.15) is 35.4 Å². The highest BCUT2D eigenvalue weighted by molar-refractivity contribution is 7.09. The molecule has 1 N–H and O–H groups in total. The molecule has 1 aromatic heterocycles. The first kappa shape index (κ1) is 18.6. The molecule has 0 spiro atoms. The van der Waals surface area contributed by atoms with Crippen LogP contribution in [0.5, 0.6) is 0 Å². The smallest absolute Gasteiger partial charge is 0.243 e. The Labute approximate surface area is 169 Å². The van der Waals surface area contributed by atoms with E-state index < -0.39 is 0 Å². The van der Waals surface area contributed by atoms with E-state index in [0.717, 1.165) is 42.3 Å². The minimum absolute atomic E-state index is 0.0663. The Bertz CT molecular complexity index is 923. The molecule has 0 aliphatic carbocycles. The van der Waals surface area contributed by atoms with Gasteiger partial charge in [-0.15, -0.1) is 0 Å². The summed E-state index contributed by atoms with van der Waals surface area (Å²) in [5.74, 6) is 0.885. The Balaban J connectivity index is 1.39. The number of nitrogens with zero attached hydrogens (tertiary/aromatic N) is 3. The molecular weight excluding hydrogens is 368 g/mol. The number of hydrogen-bond acceptors (Lipinski definition) is 5. The van der Waals surface area contributed by atoms with Crippen LogP contribution < -0.4 is 10.2 Å². The van der Waals surface area contributed by atoms with E-state index >= 15 is 0 Å². The van der Waals surface area contributed by atoms with Crippen molar-refractivity contribution >= 4 is 22.6 Å². The predicted octanol–water partition coefficient (Wildman–Crippen LogP) is 3.72. The minimum Gasteiger partial charge on any atom is -0.350 e. The second-order valence-corrected chi connectivity index (χ2v) is 7.94. The fourth-order valence-corrected chi connectivity index (χ4v) is 4.25. The highest BCUT2D eigenvalue weighted by Gasteiger charge is 2.32. The van der Waals surface area contributed by atoms with Crippen molar-refractivity contribution < 1.29 is 4.79 Å². The molecule has 4 rings (SSSR count). The summed E-state index contributed by atoms with van der Waals surface area (Å²) in [5, 5.41) is 3.92. The molecule has 0 bridgehead atoms. The van der Waals surface area contributed by atoms with Gasteiger partial charge < -0.3 is 10.2 Å². The Morgan fingerprint density at radius 3 is 2.71 bits per heavy atom. The Kier molecular flexibility index (Phi) is 5.67. The third kappa shape index (κ3) is 4.39. The van der Waals surface area contributed by atoms with Gasteiger partial charge >= 0.3 is 0 Å². The molecule has 1 fully saturated rings. The van der Waals surface area contributed by atoms with Crippen molar-refractivity contribution in [3.63, 3.8) is 0 Å². The zero-order valence-electron chi connectivity index (χ0n) is 16.0. The van der Waals surface area contributed by atoms with Crippen molar-refractivity contribution in [2.45, 2.75) is 38.8 Å². The molecule has 6 heteroatoms. The second kappa shape index (κ2) is 8.52. The van der Waals surface area contributed by atoms with E-state index in [1.807, 2.05) is 30.3 Å². The first-order valence-electron chi connectivity index (χ1n) is 9.65. The fourth-order valence-electron chi connectivity index (χ4n) is 3.49. The van der Waals surface area contributed by atoms with Gasteiger partial charge in [-0.2, -0.15) is 4.37 Å². The van der Waals surface area contributed by atoms with Crippen LogP contribution in [0, 0.1) is 6.92 Å². The monoisotopic (exact) mass is 392 g/mol. The quantitative estimate of drug-likeness (QED) is 0.695. The molecule has 1 saturated heterocycles. The van der Waals surface area contributed by atoms with E-state index in [-0.39, 0.29) is 11.9 Å². The number of amides is 1. The summed E-state index contributed by atoms with van der Waals surface area (Å²) in [6.45, 7) is 3.49. The molecule has 1 atom stereocenters. The van der Waals surface area contributed by atoms with Crippen molar-refractivity contribution in [3.05, 3.63) is 77.1 Å². The van der Waals surface area contributed by atoms with Gasteiger partial charge in [0.1, 0.15) is 11.9 Å². The van der Waals surface area contributed by atoms with Gasteiger partial charge in [0.25, 0.3) is 0 Å². The average Bonchev–Trinajstić information content (AvgIpc) is 3.38. The molecule has 1 aliphatic heterocycles. The van der Waals surface area contributed by atoms with Gasteiger partial charge in [0, 0.05) is 31.0 Å². The van der Waals surface area contributed by atoms with Crippen LogP contribution in [-0.4, -0.2) is 27.9 Å². The van der Waals surface area contributed by atoms with Gasteiger partial charge in [0.2, 0.25) is 11.0 Å². The van der Waals surface area contributed by atoms with Crippen molar-refractivity contribution in [2.24, 2.45) is 0 Å². The van der Waals surface area contributed by atoms with E-state index in [4.69, 9.17) is 4.98 Å². The maximum absolute atomic E-state index is 12.7. The molecular formula is C22H24N4OS. The number of benzene rings is 2. The lowest BCUT2D eigenvalue weighted by molar-refractivity contribution is -0.122. The molecule has 5 nitrogen and oxygen atoms in total. The average molecular weight is 393 g/mol. The summed E-state index contributed by atoms with van der Waals surface area (Å²) < 4.78 is 4.52.